The van der Waals surface area contributed by atoms with Crippen molar-refractivity contribution in [2.45, 2.75) is 39.0 Å². The van der Waals surface area contributed by atoms with Crippen LogP contribution in [-0.4, -0.2) is 30.9 Å². The van der Waals surface area contributed by atoms with E-state index in [-0.39, 0.29) is 47.7 Å². The zero-order valence-corrected chi connectivity index (χ0v) is 17.8. The lowest BCUT2D eigenvalue weighted by molar-refractivity contribution is -0.146. The first kappa shape index (κ1) is 20.7. The molecule has 1 unspecified atom stereocenters. The molecule has 1 aromatic carbocycles. The molecule has 2 N–H and O–H groups in total. The highest BCUT2D eigenvalue weighted by atomic mass is 16.5. The zero-order chi connectivity index (χ0) is 22.6. The number of allylic oxidation sites excluding steroid dienone is 1. The van der Waals surface area contributed by atoms with Gasteiger partial charge in [-0.15, -0.1) is 6.42 Å². The van der Waals surface area contributed by atoms with Crippen molar-refractivity contribution >= 4 is 23.4 Å². The minimum Gasteiger partial charge on any atom is -0.462 e. The number of esters is 2. The molecule has 0 bridgehead atoms. The van der Waals surface area contributed by atoms with Crippen LogP contribution >= 0.6 is 0 Å². The van der Waals surface area contributed by atoms with E-state index in [1.165, 1.54) is 0 Å². The molecular formula is C24H24N2O5. The largest absolute Gasteiger partial charge is 0.462 e. The Bertz CT molecular complexity index is 1120. The van der Waals surface area contributed by atoms with Gasteiger partial charge in [-0.05, 0) is 18.4 Å². The third-order valence-electron chi connectivity index (χ3n) is 5.98. The molecule has 0 saturated carbocycles. The number of anilines is 1. The van der Waals surface area contributed by atoms with E-state index in [9.17, 15) is 14.4 Å². The number of rotatable bonds is 3. The Hall–Kier alpha value is -3.53. The Balaban J connectivity index is 2.10. The summed E-state index contributed by atoms with van der Waals surface area (Å²) in [6.45, 7) is 5.68. The van der Waals surface area contributed by atoms with Crippen molar-refractivity contribution in [3.63, 3.8) is 0 Å². The monoisotopic (exact) mass is 420 g/mol. The molecule has 1 aromatic rings. The summed E-state index contributed by atoms with van der Waals surface area (Å²) in [4.78, 5) is 41.8. The fourth-order valence-electron chi connectivity index (χ4n) is 4.87. The van der Waals surface area contributed by atoms with Crippen LogP contribution in [0, 0.1) is 17.8 Å². The highest BCUT2D eigenvalue weighted by molar-refractivity contribution is 6.18. The number of terminal acetylenes is 1. The van der Waals surface area contributed by atoms with Gasteiger partial charge in [0, 0.05) is 24.1 Å². The zero-order valence-electron chi connectivity index (χ0n) is 17.8. The number of ether oxygens (including phenoxy) is 2. The second-order valence-corrected chi connectivity index (χ2v) is 8.67. The van der Waals surface area contributed by atoms with Crippen molar-refractivity contribution in [3.8, 4) is 12.3 Å². The Kier molecular flexibility index (Phi) is 4.69. The molecule has 160 valence electrons. The van der Waals surface area contributed by atoms with E-state index < -0.39 is 17.4 Å². The topological polar surface area (TPSA) is 98.9 Å². The predicted molar refractivity (Wildman–Crippen MR) is 113 cm³/mol. The number of nitrogens with two attached hydrogens (primary N) is 1. The summed E-state index contributed by atoms with van der Waals surface area (Å²) in [5.41, 5.74) is 5.36. The second-order valence-electron chi connectivity index (χ2n) is 8.67. The van der Waals surface area contributed by atoms with Crippen molar-refractivity contribution < 1.29 is 23.9 Å². The maximum Gasteiger partial charge on any atom is 0.339 e. The molecule has 3 aliphatic rings. The maximum atomic E-state index is 13.6. The van der Waals surface area contributed by atoms with Gasteiger partial charge in [0.2, 0.25) is 0 Å². The fraction of sp³-hybridized carbons (Fsp3) is 0.375. The Labute approximate surface area is 180 Å². The van der Waals surface area contributed by atoms with Crippen LogP contribution in [0.2, 0.25) is 0 Å². The van der Waals surface area contributed by atoms with Crippen LogP contribution in [0.5, 0.6) is 0 Å². The molecule has 2 heterocycles. The van der Waals surface area contributed by atoms with E-state index in [0.717, 1.165) is 0 Å². The van der Waals surface area contributed by atoms with E-state index in [1.54, 1.807) is 36.1 Å². The molecule has 7 heteroatoms. The van der Waals surface area contributed by atoms with Gasteiger partial charge in [0.25, 0.3) is 0 Å². The van der Waals surface area contributed by atoms with Gasteiger partial charge in [0.05, 0.1) is 18.7 Å². The number of hydrogen-bond acceptors (Lipinski definition) is 7. The quantitative estimate of drug-likeness (QED) is 0.592. The number of nitrogens with zero attached hydrogens (tertiary/aromatic N) is 1. The molecule has 2 aliphatic heterocycles. The molecule has 1 spiro atoms. The number of hydrogen-bond donors (Lipinski definition) is 1. The normalized spacial score (nSPS) is 24.0. The van der Waals surface area contributed by atoms with Gasteiger partial charge >= 0.3 is 11.9 Å². The molecule has 0 fully saturated rings. The summed E-state index contributed by atoms with van der Waals surface area (Å²) < 4.78 is 11.0. The van der Waals surface area contributed by atoms with Crippen LogP contribution in [0.15, 0.2) is 47.0 Å². The van der Waals surface area contributed by atoms with Gasteiger partial charge in [-0.3, -0.25) is 4.79 Å². The summed E-state index contributed by atoms with van der Waals surface area (Å²) in [5, 5.41) is 0. The van der Waals surface area contributed by atoms with Crippen LogP contribution < -0.4 is 10.6 Å². The highest BCUT2D eigenvalue weighted by Crippen LogP contribution is 2.57. The molecule has 4 rings (SSSR count). The average molecular weight is 420 g/mol. The first-order valence-electron chi connectivity index (χ1n) is 10.2. The minimum atomic E-state index is -1.78. The van der Waals surface area contributed by atoms with Crippen LogP contribution in [0.25, 0.3) is 0 Å². The lowest BCUT2D eigenvalue weighted by atomic mass is 9.62. The van der Waals surface area contributed by atoms with Gasteiger partial charge in [-0.1, -0.05) is 38.0 Å². The van der Waals surface area contributed by atoms with E-state index in [1.807, 2.05) is 13.8 Å². The average Bonchev–Trinajstić information content (AvgIpc) is 2.96. The van der Waals surface area contributed by atoms with Crippen molar-refractivity contribution in [2.75, 3.05) is 18.1 Å². The van der Waals surface area contributed by atoms with E-state index >= 15 is 0 Å². The lowest BCUT2D eigenvalue weighted by Crippen LogP contribution is -2.51. The maximum absolute atomic E-state index is 13.6. The number of benzene rings is 1. The Morgan fingerprint density at radius 1 is 1.29 bits per heavy atom. The Morgan fingerprint density at radius 3 is 2.68 bits per heavy atom. The number of ketones is 1. The smallest absolute Gasteiger partial charge is 0.339 e. The summed E-state index contributed by atoms with van der Waals surface area (Å²) in [5.74, 6) is 1.07. The predicted octanol–water partition coefficient (Wildman–Crippen LogP) is 2.31. The van der Waals surface area contributed by atoms with Crippen molar-refractivity contribution in [1.82, 2.24) is 0 Å². The van der Waals surface area contributed by atoms with Crippen LogP contribution in [-0.2, 0) is 29.3 Å². The summed E-state index contributed by atoms with van der Waals surface area (Å²) >= 11 is 0. The van der Waals surface area contributed by atoms with Crippen molar-refractivity contribution in [3.05, 3.63) is 52.6 Å². The third kappa shape index (κ3) is 2.78. The first-order chi connectivity index (χ1) is 14.7. The molecule has 1 aliphatic carbocycles. The highest BCUT2D eigenvalue weighted by Gasteiger charge is 2.64. The molecule has 1 atom stereocenters. The number of carbonyl (C=O) groups is 3. The van der Waals surface area contributed by atoms with Crippen molar-refractivity contribution in [1.29, 1.82) is 0 Å². The number of carbonyl (C=O) groups excluding carboxylic acids is 3. The standard InChI is InChI=1S/C24H24N2O5/c1-5-11-26-15-10-8-7-9-14(15)24(19(20(26)25)21(28)30-6-2)18-16(27)12-23(3,4)13-17(18)31-22(24)29/h1,7-10H,6,11-13,25H2,2-4H3. The van der Waals surface area contributed by atoms with Gasteiger partial charge in [0.15, 0.2) is 11.2 Å². The molecule has 0 aromatic heterocycles. The van der Waals surface area contributed by atoms with Gasteiger partial charge in [-0.2, -0.15) is 0 Å². The van der Waals surface area contributed by atoms with Crippen LogP contribution in [0.4, 0.5) is 5.69 Å². The molecule has 31 heavy (non-hydrogen) atoms. The Morgan fingerprint density at radius 2 is 2.00 bits per heavy atom. The van der Waals surface area contributed by atoms with Gasteiger partial charge in [-0.25, -0.2) is 9.59 Å². The fourth-order valence-corrected chi connectivity index (χ4v) is 4.87. The van der Waals surface area contributed by atoms with E-state index in [0.29, 0.717) is 23.4 Å². The van der Waals surface area contributed by atoms with E-state index in [4.69, 9.17) is 21.6 Å². The first-order valence-corrected chi connectivity index (χ1v) is 10.2. The second kappa shape index (κ2) is 7.02. The van der Waals surface area contributed by atoms with E-state index in [2.05, 4.69) is 5.92 Å². The molecule has 0 saturated heterocycles. The van der Waals surface area contributed by atoms with Crippen molar-refractivity contribution in [2.24, 2.45) is 11.1 Å². The number of Topliss-reactive ketones (excluding diaryl/α,β-unsaturated/α-hetero) is 1. The van der Waals surface area contributed by atoms with Crippen LogP contribution in [0.3, 0.4) is 0 Å². The summed E-state index contributed by atoms with van der Waals surface area (Å²) in [7, 11) is 0. The number of para-hydroxylation sites is 1. The van der Waals surface area contributed by atoms with Gasteiger partial charge < -0.3 is 20.1 Å². The van der Waals surface area contributed by atoms with Gasteiger partial charge in [0.1, 0.15) is 17.2 Å². The third-order valence-corrected chi connectivity index (χ3v) is 5.98. The number of fused-ring (bicyclic) bond motifs is 3. The molecule has 7 nitrogen and oxygen atoms in total. The van der Waals surface area contributed by atoms with Crippen LogP contribution in [0.1, 0.15) is 39.2 Å². The molecule has 0 radical (unpaired) electrons. The lowest BCUT2D eigenvalue weighted by Gasteiger charge is -2.41. The summed E-state index contributed by atoms with van der Waals surface area (Å²) in [6.07, 6.45) is 6.16. The SMILES string of the molecule is C#CCN1C(N)=C(C(=O)OCC)C2(C(=O)OC3=C2C(=O)CC(C)(C)C3)c2ccccc21. The molecule has 0 amide bonds. The summed E-state index contributed by atoms with van der Waals surface area (Å²) in [6, 6.07) is 6.98. The minimum absolute atomic E-state index is 0.0153. The molecular weight excluding hydrogens is 396 g/mol.